The number of halogens is 1. The van der Waals surface area contributed by atoms with E-state index in [1.807, 2.05) is 24.3 Å². The first-order valence-electron chi connectivity index (χ1n) is 7.52. The third kappa shape index (κ3) is 3.77. The molecule has 3 nitrogen and oxygen atoms in total. The van der Waals surface area contributed by atoms with Gasteiger partial charge in [-0.05, 0) is 56.1 Å². The van der Waals surface area contributed by atoms with Crippen LogP contribution in [0.25, 0.3) is 10.4 Å². The number of rotatable bonds is 3. The van der Waals surface area contributed by atoms with E-state index in [2.05, 4.69) is 45.6 Å². The third-order valence-corrected chi connectivity index (χ3v) is 5.58. The Hall–Kier alpha value is -1.17. The summed E-state index contributed by atoms with van der Waals surface area (Å²) in [6, 6.07) is 12.9. The van der Waals surface area contributed by atoms with Crippen LogP contribution in [0, 0.1) is 0 Å². The SMILES string of the molecule is CC1CC(NC(=O)c2ccc(-c3ccc(Br)cc3)s2)CCN1. The van der Waals surface area contributed by atoms with Gasteiger partial charge in [-0.1, -0.05) is 28.1 Å². The number of benzene rings is 1. The third-order valence-electron chi connectivity index (χ3n) is 3.92. The van der Waals surface area contributed by atoms with E-state index >= 15 is 0 Å². The number of nitrogens with one attached hydrogen (secondary N) is 2. The minimum absolute atomic E-state index is 0.0486. The summed E-state index contributed by atoms with van der Waals surface area (Å²) in [7, 11) is 0. The highest BCUT2D eigenvalue weighted by atomic mass is 79.9. The zero-order chi connectivity index (χ0) is 15.5. The topological polar surface area (TPSA) is 41.1 Å². The molecule has 5 heteroatoms. The smallest absolute Gasteiger partial charge is 0.261 e. The van der Waals surface area contributed by atoms with Gasteiger partial charge in [-0.3, -0.25) is 4.79 Å². The minimum atomic E-state index is 0.0486. The first-order chi connectivity index (χ1) is 10.6. The van der Waals surface area contributed by atoms with E-state index in [0.717, 1.165) is 39.2 Å². The van der Waals surface area contributed by atoms with Crippen LogP contribution in [0.2, 0.25) is 0 Å². The van der Waals surface area contributed by atoms with Gasteiger partial charge in [0.05, 0.1) is 4.88 Å². The van der Waals surface area contributed by atoms with Crippen LogP contribution in [0.4, 0.5) is 0 Å². The summed E-state index contributed by atoms with van der Waals surface area (Å²) in [4.78, 5) is 14.3. The lowest BCUT2D eigenvalue weighted by Crippen LogP contribution is -2.46. The molecule has 1 aromatic carbocycles. The molecule has 2 N–H and O–H groups in total. The fourth-order valence-corrected chi connectivity index (χ4v) is 3.93. The van der Waals surface area contributed by atoms with Crippen LogP contribution in [0.1, 0.15) is 29.4 Å². The molecule has 0 bridgehead atoms. The van der Waals surface area contributed by atoms with Crippen molar-refractivity contribution in [3.8, 4) is 10.4 Å². The van der Waals surface area contributed by atoms with E-state index in [9.17, 15) is 4.79 Å². The summed E-state index contributed by atoms with van der Waals surface area (Å²) in [5, 5.41) is 6.57. The Morgan fingerprint density at radius 2 is 2.05 bits per heavy atom. The Kier molecular flexibility index (Phi) is 4.96. The standard InChI is InChI=1S/C17H19BrN2OS/c1-11-10-14(8-9-19-11)20-17(21)16-7-6-15(22-16)12-2-4-13(18)5-3-12/h2-7,11,14,19H,8-10H2,1H3,(H,20,21). The van der Waals surface area contributed by atoms with Gasteiger partial charge in [0.25, 0.3) is 5.91 Å². The van der Waals surface area contributed by atoms with Gasteiger partial charge >= 0.3 is 0 Å². The number of hydrogen-bond acceptors (Lipinski definition) is 3. The van der Waals surface area contributed by atoms with Crippen molar-refractivity contribution < 1.29 is 4.79 Å². The van der Waals surface area contributed by atoms with Crippen molar-refractivity contribution in [1.29, 1.82) is 0 Å². The second-order valence-electron chi connectivity index (χ2n) is 5.72. The predicted molar refractivity (Wildman–Crippen MR) is 95.4 cm³/mol. The van der Waals surface area contributed by atoms with Crippen LogP contribution < -0.4 is 10.6 Å². The monoisotopic (exact) mass is 378 g/mol. The molecule has 1 aliphatic rings. The zero-order valence-corrected chi connectivity index (χ0v) is 14.8. The summed E-state index contributed by atoms with van der Waals surface area (Å²) in [6.45, 7) is 3.13. The lowest BCUT2D eigenvalue weighted by Gasteiger charge is -2.28. The van der Waals surface area contributed by atoms with Crippen molar-refractivity contribution in [2.24, 2.45) is 0 Å². The fourth-order valence-electron chi connectivity index (χ4n) is 2.75. The molecule has 1 aromatic heterocycles. The molecule has 2 heterocycles. The van der Waals surface area contributed by atoms with Gasteiger partial charge < -0.3 is 10.6 Å². The quantitative estimate of drug-likeness (QED) is 0.845. The first-order valence-corrected chi connectivity index (χ1v) is 9.13. The average Bonchev–Trinajstić information content (AvgIpc) is 2.98. The Labute approximate surface area is 143 Å². The van der Waals surface area contributed by atoms with Crippen LogP contribution >= 0.6 is 27.3 Å². The molecule has 3 rings (SSSR count). The number of carbonyl (C=O) groups is 1. The number of amides is 1. The molecule has 0 aliphatic carbocycles. The van der Waals surface area contributed by atoms with Crippen molar-refractivity contribution in [3.63, 3.8) is 0 Å². The highest BCUT2D eigenvalue weighted by Crippen LogP contribution is 2.29. The molecule has 1 amide bonds. The molecular weight excluding hydrogens is 360 g/mol. The van der Waals surface area contributed by atoms with Gasteiger partial charge in [0.2, 0.25) is 0 Å². The van der Waals surface area contributed by atoms with E-state index in [1.165, 1.54) is 0 Å². The van der Waals surface area contributed by atoms with Gasteiger partial charge in [-0.15, -0.1) is 11.3 Å². The lowest BCUT2D eigenvalue weighted by atomic mass is 10.0. The molecule has 2 unspecified atom stereocenters. The van der Waals surface area contributed by atoms with E-state index in [4.69, 9.17) is 0 Å². The number of thiophene rings is 1. The lowest BCUT2D eigenvalue weighted by molar-refractivity contribution is 0.0930. The average molecular weight is 379 g/mol. The van der Waals surface area contributed by atoms with Gasteiger partial charge in [-0.2, -0.15) is 0 Å². The molecule has 1 fully saturated rings. The maximum Gasteiger partial charge on any atom is 0.261 e. The summed E-state index contributed by atoms with van der Waals surface area (Å²) in [6.07, 6.45) is 2.00. The molecule has 0 saturated carbocycles. The maximum absolute atomic E-state index is 12.4. The molecular formula is C17H19BrN2OS. The summed E-state index contributed by atoms with van der Waals surface area (Å²) >= 11 is 4.99. The van der Waals surface area contributed by atoms with E-state index in [1.54, 1.807) is 11.3 Å². The highest BCUT2D eigenvalue weighted by molar-refractivity contribution is 9.10. The Bertz CT molecular complexity index is 653. The number of piperidine rings is 1. The van der Waals surface area contributed by atoms with Gasteiger partial charge in [0, 0.05) is 21.4 Å². The Balaban J connectivity index is 1.67. The first kappa shape index (κ1) is 15.7. The van der Waals surface area contributed by atoms with Crippen LogP contribution in [0.3, 0.4) is 0 Å². The van der Waals surface area contributed by atoms with Gasteiger partial charge in [0.15, 0.2) is 0 Å². The number of carbonyl (C=O) groups excluding carboxylic acids is 1. The van der Waals surface area contributed by atoms with Crippen molar-refractivity contribution >= 4 is 33.2 Å². The predicted octanol–water partition coefficient (Wildman–Crippen LogP) is 4.05. The molecule has 116 valence electrons. The fraction of sp³-hybridized carbons (Fsp3) is 0.353. The zero-order valence-electron chi connectivity index (χ0n) is 12.4. The van der Waals surface area contributed by atoms with Crippen LogP contribution in [-0.2, 0) is 0 Å². The van der Waals surface area contributed by atoms with Crippen molar-refractivity contribution in [2.75, 3.05) is 6.54 Å². The number of hydrogen-bond donors (Lipinski definition) is 2. The summed E-state index contributed by atoms with van der Waals surface area (Å²) in [5.74, 6) is 0.0486. The molecule has 2 atom stereocenters. The molecule has 1 aliphatic heterocycles. The minimum Gasteiger partial charge on any atom is -0.349 e. The maximum atomic E-state index is 12.4. The highest BCUT2D eigenvalue weighted by Gasteiger charge is 2.21. The molecule has 2 aromatic rings. The van der Waals surface area contributed by atoms with Gasteiger partial charge in [-0.25, -0.2) is 0 Å². The van der Waals surface area contributed by atoms with E-state index < -0.39 is 0 Å². The van der Waals surface area contributed by atoms with E-state index in [0.29, 0.717) is 6.04 Å². The molecule has 22 heavy (non-hydrogen) atoms. The van der Waals surface area contributed by atoms with Crippen LogP contribution in [0.15, 0.2) is 40.9 Å². The largest absolute Gasteiger partial charge is 0.349 e. The van der Waals surface area contributed by atoms with Gasteiger partial charge in [0.1, 0.15) is 0 Å². The van der Waals surface area contributed by atoms with Crippen molar-refractivity contribution in [2.45, 2.75) is 31.8 Å². The van der Waals surface area contributed by atoms with E-state index in [-0.39, 0.29) is 11.9 Å². The Morgan fingerprint density at radius 1 is 1.27 bits per heavy atom. The van der Waals surface area contributed by atoms with Crippen LogP contribution in [0.5, 0.6) is 0 Å². The Morgan fingerprint density at radius 3 is 2.77 bits per heavy atom. The molecule has 1 saturated heterocycles. The second-order valence-corrected chi connectivity index (χ2v) is 7.72. The molecule has 0 spiro atoms. The molecule has 0 radical (unpaired) electrons. The van der Waals surface area contributed by atoms with Crippen molar-refractivity contribution in [1.82, 2.24) is 10.6 Å². The van der Waals surface area contributed by atoms with Crippen molar-refractivity contribution in [3.05, 3.63) is 45.7 Å². The second kappa shape index (κ2) is 6.94. The normalized spacial score (nSPS) is 21.5. The summed E-state index contributed by atoms with van der Waals surface area (Å²) < 4.78 is 1.06. The van der Waals surface area contributed by atoms with Crippen LogP contribution in [-0.4, -0.2) is 24.5 Å². The summed E-state index contributed by atoms with van der Waals surface area (Å²) in [5.41, 5.74) is 1.14.